The molecular weight excluding hydrogens is 67.0 g/mol. The van der Waals surface area contributed by atoms with Crippen molar-refractivity contribution in [1.82, 2.24) is 0 Å². The molecule has 0 amide bonds. The highest BCUT2D eigenvalue weighted by molar-refractivity contribution is 6.92. The van der Waals surface area contributed by atoms with Gasteiger partial charge in [0.25, 0.3) is 0 Å². The highest BCUT2D eigenvalue weighted by Crippen LogP contribution is 1.16. The van der Waals surface area contributed by atoms with Crippen LogP contribution in [0.5, 0.6) is 0 Å². The van der Waals surface area contributed by atoms with Gasteiger partial charge in [0.2, 0.25) is 0 Å². The standard InChI is InChI=1S/C3H4.P/c1-3-2;/h1-2H2;. The van der Waals surface area contributed by atoms with E-state index in [-0.39, 0.29) is 9.90 Å². The summed E-state index contributed by atoms with van der Waals surface area (Å²) >= 11 is 0. The van der Waals surface area contributed by atoms with Crippen LogP contribution in [0.15, 0.2) is 18.9 Å². The Morgan fingerprint density at radius 2 is 1.25 bits per heavy atom. The summed E-state index contributed by atoms with van der Waals surface area (Å²) in [6.07, 6.45) is 0. The third-order valence-electron chi connectivity index (χ3n) is 0. The van der Waals surface area contributed by atoms with Gasteiger partial charge in [-0.3, -0.25) is 0 Å². The molecule has 4 heavy (non-hydrogen) atoms. The van der Waals surface area contributed by atoms with Crippen molar-refractivity contribution in [2.45, 2.75) is 0 Å². The molecule has 0 aliphatic rings. The van der Waals surface area contributed by atoms with Gasteiger partial charge in [0.15, 0.2) is 0 Å². The van der Waals surface area contributed by atoms with E-state index in [4.69, 9.17) is 0 Å². The molecular formula is C3H4P. The molecule has 0 aliphatic carbocycles. The molecule has 0 nitrogen and oxygen atoms in total. The molecule has 0 aromatic carbocycles. The van der Waals surface area contributed by atoms with E-state index in [9.17, 15) is 0 Å². The lowest BCUT2D eigenvalue weighted by Crippen LogP contribution is -0.844. The van der Waals surface area contributed by atoms with Crippen LogP contribution in [-0.2, 0) is 0 Å². The van der Waals surface area contributed by atoms with Crippen LogP contribution in [0, 0.1) is 0 Å². The average Bonchev–Trinajstić information content (AvgIpc) is 0.918. The third-order valence-corrected chi connectivity index (χ3v) is 0. The van der Waals surface area contributed by atoms with Crippen LogP contribution in [0.2, 0.25) is 0 Å². The lowest BCUT2D eigenvalue weighted by molar-refractivity contribution is 2.51. The van der Waals surface area contributed by atoms with Gasteiger partial charge < -0.3 is 0 Å². The molecule has 0 aromatic heterocycles. The van der Waals surface area contributed by atoms with Gasteiger partial charge in [0, 0.05) is 9.90 Å². The van der Waals surface area contributed by atoms with Gasteiger partial charge in [-0.1, -0.05) is 13.2 Å². The summed E-state index contributed by atoms with van der Waals surface area (Å²) in [5.41, 5.74) is 2.25. The van der Waals surface area contributed by atoms with E-state index < -0.39 is 0 Å². The number of hydrogen-bond donors (Lipinski definition) is 0. The van der Waals surface area contributed by atoms with Gasteiger partial charge in [0.05, 0.1) is 0 Å². The molecule has 0 spiro atoms. The monoisotopic (exact) mass is 71.0 g/mol. The molecule has 0 saturated heterocycles. The molecule has 0 atom stereocenters. The molecule has 0 saturated carbocycles. The minimum atomic E-state index is 0. The summed E-state index contributed by atoms with van der Waals surface area (Å²) in [7, 11) is 0. The molecule has 0 unspecified atom stereocenters. The molecule has 0 aromatic rings. The molecule has 3 radical (unpaired) electrons. The van der Waals surface area contributed by atoms with Gasteiger partial charge in [-0.05, 0) is 0 Å². The maximum Gasteiger partial charge on any atom is 0 e. The Morgan fingerprint density at radius 3 is 1.25 bits per heavy atom. The first-order chi connectivity index (χ1) is 1.41. The summed E-state index contributed by atoms with van der Waals surface area (Å²) < 4.78 is 0. The van der Waals surface area contributed by atoms with Crippen LogP contribution in [0.1, 0.15) is 0 Å². The van der Waals surface area contributed by atoms with Crippen molar-refractivity contribution in [2.75, 3.05) is 0 Å². The Kier molecular flexibility index (Phi) is 28.1. The molecule has 0 bridgehead atoms. The van der Waals surface area contributed by atoms with Gasteiger partial charge in [-0.2, -0.15) is 0 Å². The van der Waals surface area contributed by atoms with Crippen molar-refractivity contribution in [3.63, 3.8) is 0 Å². The maximum atomic E-state index is 3.12. The van der Waals surface area contributed by atoms with Crippen molar-refractivity contribution in [1.29, 1.82) is 0 Å². The van der Waals surface area contributed by atoms with E-state index in [0.717, 1.165) is 0 Å². The number of rotatable bonds is 0. The van der Waals surface area contributed by atoms with Crippen molar-refractivity contribution in [3.05, 3.63) is 18.9 Å². The Bertz CT molecular complexity index is 24.3. The van der Waals surface area contributed by atoms with E-state index in [0.29, 0.717) is 0 Å². The normalized spacial score (nSPS) is 2.00. The van der Waals surface area contributed by atoms with Crippen LogP contribution >= 0.6 is 9.90 Å². The Hall–Kier alpha value is -0.0500. The Balaban J connectivity index is 0. The SMILES string of the molecule is C=C=C.[P]. The minimum absolute atomic E-state index is 0. The molecule has 1 heteroatoms. The maximum absolute atomic E-state index is 3.12. The molecule has 0 aliphatic heterocycles. The van der Waals surface area contributed by atoms with Crippen LogP contribution in [0.4, 0.5) is 0 Å². The predicted octanol–water partition coefficient (Wildman–Crippen LogP) is 1.82. The average molecular weight is 71.0 g/mol. The van der Waals surface area contributed by atoms with Crippen molar-refractivity contribution >= 4 is 9.90 Å². The highest BCUT2D eigenvalue weighted by Gasteiger charge is 0.904. The van der Waals surface area contributed by atoms with E-state index in [1.807, 2.05) is 0 Å². The fourth-order valence-electron chi connectivity index (χ4n) is 0. The highest BCUT2D eigenvalue weighted by atomic mass is 31.0. The number of hydrogen-bond acceptors (Lipinski definition) is 0. The molecule has 21 valence electrons. The van der Waals surface area contributed by atoms with Crippen LogP contribution in [0.25, 0.3) is 0 Å². The second kappa shape index (κ2) is 12.4. The first-order valence-electron chi connectivity index (χ1n) is 0.707. The predicted molar refractivity (Wildman–Crippen MR) is 21.7 cm³/mol. The largest absolute Gasteiger partial charge is 0.137 e. The molecule has 0 rings (SSSR count). The zero-order valence-electron chi connectivity index (χ0n) is 2.36. The lowest BCUT2D eigenvalue weighted by atomic mass is 11.0. The quantitative estimate of drug-likeness (QED) is 0.302. The van der Waals surface area contributed by atoms with E-state index >= 15 is 0 Å². The fourth-order valence-corrected chi connectivity index (χ4v) is 0. The second-order valence-corrected chi connectivity index (χ2v) is 0.250. The molecule has 0 heterocycles. The van der Waals surface area contributed by atoms with Crippen molar-refractivity contribution in [3.8, 4) is 0 Å². The summed E-state index contributed by atoms with van der Waals surface area (Å²) in [6.45, 7) is 6.25. The molecule has 0 N–H and O–H groups in total. The Labute approximate surface area is 29.8 Å². The molecule has 0 fully saturated rings. The third kappa shape index (κ3) is 704. The van der Waals surface area contributed by atoms with Crippen LogP contribution < -0.4 is 0 Å². The Morgan fingerprint density at radius 1 is 1.25 bits per heavy atom. The van der Waals surface area contributed by atoms with Crippen molar-refractivity contribution < 1.29 is 0 Å². The fraction of sp³-hybridized carbons (Fsp3) is 0. The minimum Gasteiger partial charge on any atom is -0.137 e. The zero-order valence-corrected chi connectivity index (χ0v) is 3.26. The van der Waals surface area contributed by atoms with Crippen molar-refractivity contribution in [2.24, 2.45) is 0 Å². The van der Waals surface area contributed by atoms with Gasteiger partial charge in [-0.15, -0.1) is 5.73 Å². The van der Waals surface area contributed by atoms with Gasteiger partial charge in [0.1, 0.15) is 0 Å². The second-order valence-electron chi connectivity index (χ2n) is 0.250. The summed E-state index contributed by atoms with van der Waals surface area (Å²) in [5, 5.41) is 0. The summed E-state index contributed by atoms with van der Waals surface area (Å²) in [6, 6.07) is 0. The van der Waals surface area contributed by atoms with Crippen LogP contribution in [0.3, 0.4) is 0 Å². The lowest BCUT2D eigenvalue weighted by Gasteiger charge is -1.10. The first-order valence-corrected chi connectivity index (χ1v) is 0.707. The van der Waals surface area contributed by atoms with Gasteiger partial charge in [-0.25, -0.2) is 0 Å². The van der Waals surface area contributed by atoms with Crippen LogP contribution in [-0.4, -0.2) is 0 Å². The summed E-state index contributed by atoms with van der Waals surface area (Å²) in [4.78, 5) is 0. The zero-order chi connectivity index (χ0) is 2.71. The van der Waals surface area contributed by atoms with E-state index in [1.165, 1.54) is 0 Å². The smallest absolute Gasteiger partial charge is 0 e. The summed E-state index contributed by atoms with van der Waals surface area (Å²) in [5.74, 6) is 0. The van der Waals surface area contributed by atoms with E-state index in [1.54, 1.807) is 0 Å². The first kappa shape index (κ1) is 9.04. The van der Waals surface area contributed by atoms with Gasteiger partial charge >= 0.3 is 0 Å². The van der Waals surface area contributed by atoms with E-state index in [2.05, 4.69) is 18.9 Å². The topological polar surface area (TPSA) is 0 Å².